The van der Waals surface area contributed by atoms with Crippen LogP contribution in [0.1, 0.15) is 26.7 Å². The molecule has 1 aromatic carbocycles. The normalized spacial score (nSPS) is 19.4. The molecule has 0 aromatic heterocycles. The maximum atomic E-state index is 12.9. The molecule has 0 aliphatic carbocycles. The van der Waals surface area contributed by atoms with Crippen molar-refractivity contribution in [1.82, 2.24) is 4.90 Å². The fraction of sp³-hybridized carbons (Fsp3) is 0.429. The summed E-state index contributed by atoms with van der Waals surface area (Å²) >= 11 is 0. The number of carbonyl (C=O) groups is 2. The van der Waals surface area contributed by atoms with Gasteiger partial charge in [0.1, 0.15) is 11.9 Å². The second kappa shape index (κ2) is 5.38. The van der Waals surface area contributed by atoms with Gasteiger partial charge in [0.15, 0.2) is 0 Å². The molecule has 3 amide bonds. The quantitative estimate of drug-likeness (QED) is 0.785. The van der Waals surface area contributed by atoms with Crippen LogP contribution >= 0.6 is 0 Å². The molecule has 0 bridgehead atoms. The first-order chi connectivity index (χ1) is 9.06. The first-order valence-electron chi connectivity index (χ1n) is 6.46. The molecule has 1 aliphatic heterocycles. The molecule has 0 N–H and O–H groups in total. The smallest absolute Gasteiger partial charge is 0.282 e. The molecule has 1 atom stereocenters. The van der Waals surface area contributed by atoms with E-state index in [-0.39, 0.29) is 17.8 Å². The molecule has 1 saturated heterocycles. The van der Waals surface area contributed by atoms with Crippen molar-refractivity contribution in [3.8, 4) is 0 Å². The zero-order valence-electron chi connectivity index (χ0n) is 11.1. The fourth-order valence-electron chi connectivity index (χ4n) is 2.18. The average Bonchev–Trinajstić information content (AvgIpc) is 2.60. The van der Waals surface area contributed by atoms with Crippen molar-refractivity contribution in [2.75, 3.05) is 11.4 Å². The van der Waals surface area contributed by atoms with Gasteiger partial charge in [-0.2, -0.15) is 0 Å². The van der Waals surface area contributed by atoms with E-state index in [0.717, 1.165) is 12.8 Å². The van der Waals surface area contributed by atoms with Crippen molar-refractivity contribution in [1.29, 1.82) is 0 Å². The highest BCUT2D eigenvalue weighted by Crippen LogP contribution is 2.26. The summed E-state index contributed by atoms with van der Waals surface area (Å²) in [5, 5.41) is 0. The second-order valence-electron chi connectivity index (χ2n) is 4.65. The van der Waals surface area contributed by atoms with Crippen LogP contribution in [0.15, 0.2) is 24.3 Å². The molecule has 1 aromatic rings. The highest BCUT2D eigenvalue weighted by atomic mass is 19.1. The van der Waals surface area contributed by atoms with Crippen LogP contribution in [0.4, 0.5) is 14.9 Å². The topological polar surface area (TPSA) is 40.6 Å². The van der Waals surface area contributed by atoms with Crippen molar-refractivity contribution in [3.05, 3.63) is 30.1 Å². The largest absolute Gasteiger partial charge is 0.331 e. The number of urea groups is 1. The number of halogens is 1. The van der Waals surface area contributed by atoms with E-state index in [4.69, 9.17) is 0 Å². The van der Waals surface area contributed by atoms with Crippen LogP contribution < -0.4 is 4.90 Å². The lowest BCUT2D eigenvalue weighted by Crippen LogP contribution is -2.34. The van der Waals surface area contributed by atoms with Gasteiger partial charge in [0, 0.05) is 12.2 Å². The highest BCUT2D eigenvalue weighted by Gasteiger charge is 2.42. The van der Waals surface area contributed by atoms with E-state index in [1.54, 1.807) is 6.92 Å². The Hall–Kier alpha value is -1.91. The number of amides is 3. The summed E-state index contributed by atoms with van der Waals surface area (Å²) < 4.78 is 12.9. The van der Waals surface area contributed by atoms with Crippen LogP contribution in [0.3, 0.4) is 0 Å². The number of unbranched alkanes of at least 4 members (excludes halogenated alkanes) is 1. The molecule has 0 saturated carbocycles. The predicted octanol–water partition coefficient (Wildman–Crippen LogP) is 2.78. The lowest BCUT2D eigenvalue weighted by molar-refractivity contribution is -0.126. The summed E-state index contributed by atoms with van der Waals surface area (Å²) in [5.74, 6) is -0.556. The first kappa shape index (κ1) is 13.5. The van der Waals surface area contributed by atoms with Crippen LogP contribution in [-0.2, 0) is 4.79 Å². The van der Waals surface area contributed by atoms with Gasteiger partial charge < -0.3 is 0 Å². The molecule has 4 nitrogen and oxygen atoms in total. The van der Waals surface area contributed by atoms with Gasteiger partial charge in [-0.25, -0.2) is 9.18 Å². The SMILES string of the molecule is CCCCN1C(=O)C(C)N(c2ccc(F)cc2)C1=O. The van der Waals surface area contributed by atoms with Gasteiger partial charge in [-0.1, -0.05) is 13.3 Å². The minimum atomic E-state index is -0.533. The zero-order chi connectivity index (χ0) is 14.0. The number of anilines is 1. The minimum Gasteiger partial charge on any atom is -0.282 e. The summed E-state index contributed by atoms with van der Waals surface area (Å²) in [6.07, 6.45) is 1.71. The lowest BCUT2D eigenvalue weighted by atomic mass is 10.2. The lowest BCUT2D eigenvalue weighted by Gasteiger charge is -2.19. The summed E-state index contributed by atoms with van der Waals surface area (Å²) in [6, 6.07) is 4.75. The molecular weight excluding hydrogens is 247 g/mol. The summed E-state index contributed by atoms with van der Waals surface area (Å²) in [7, 11) is 0. The molecule has 1 fully saturated rings. The van der Waals surface area contributed by atoms with Crippen molar-refractivity contribution >= 4 is 17.6 Å². The third-order valence-corrected chi connectivity index (χ3v) is 3.29. The number of carbonyl (C=O) groups excluding carboxylic acids is 2. The Morgan fingerprint density at radius 1 is 1.21 bits per heavy atom. The number of imide groups is 1. The van der Waals surface area contributed by atoms with Crippen molar-refractivity contribution < 1.29 is 14.0 Å². The molecule has 102 valence electrons. The molecule has 2 rings (SSSR count). The van der Waals surface area contributed by atoms with E-state index < -0.39 is 6.04 Å². The number of rotatable bonds is 4. The van der Waals surface area contributed by atoms with E-state index in [9.17, 15) is 14.0 Å². The highest BCUT2D eigenvalue weighted by molar-refractivity contribution is 6.14. The monoisotopic (exact) mass is 264 g/mol. The Bertz CT molecular complexity index is 487. The first-order valence-corrected chi connectivity index (χ1v) is 6.46. The fourth-order valence-corrected chi connectivity index (χ4v) is 2.18. The van der Waals surface area contributed by atoms with Gasteiger partial charge in [0.25, 0.3) is 5.91 Å². The Morgan fingerprint density at radius 3 is 2.42 bits per heavy atom. The average molecular weight is 264 g/mol. The predicted molar refractivity (Wildman–Crippen MR) is 70.4 cm³/mol. The van der Waals surface area contributed by atoms with Gasteiger partial charge in [-0.05, 0) is 37.6 Å². The van der Waals surface area contributed by atoms with Crippen LogP contribution in [-0.4, -0.2) is 29.4 Å². The number of hydrogen-bond donors (Lipinski definition) is 0. The second-order valence-corrected chi connectivity index (χ2v) is 4.65. The standard InChI is InChI=1S/C14H17FN2O2/c1-3-4-9-16-13(18)10(2)17(14(16)19)12-7-5-11(15)6-8-12/h5-8,10H,3-4,9H2,1-2H3. The maximum absolute atomic E-state index is 12.9. The van der Waals surface area contributed by atoms with Crippen molar-refractivity contribution in [2.45, 2.75) is 32.7 Å². The Labute approximate surface area is 111 Å². The van der Waals surface area contributed by atoms with Crippen molar-refractivity contribution in [2.24, 2.45) is 0 Å². The summed E-state index contributed by atoms with van der Waals surface area (Å²) in [5.41, 5.74) is 0.547. The molecular formula is C14H17FN2O2. The molecule has 0 spiro atoms. The number of nitrogens with zero attached hydrogens (tertiary/aromatic N) is 2. The van der Waals surface area contributed by atoms with E-state index in [1.807, 2.05) is 6.92 Å². The van der Waals surface area contributed by atoms with E-state index in [0.29, 0.717) is 12.2 Å². The van der Waals surface area contributed by atoms with Gasteiger partial charge in [0.2, 0.25) is 0 Å². The van der Waals surface area contributed by atoms with E-state index in [2.05, 4.69) is 0 Å². The van der Waals surface area contributed by atoms with Gasteiger partial charge in [0.05, 0.1) is 0 Å². The minimum absolute atomic E-state index is 0.192. The number of benzene rings is 1. The van der Waals surface area contributed by atoms with Crippen molar-refractivity contribution in [3.63, 3.8) is 0 Å². The van der Waals surface area contributed by atoms with Gasteiger partial charge in [-0.15, -0.1) is 0 Å². The molecule has 1 heterocycles. The summed E-state index contributed by atoms with van der Waals surface area (Å²) in [6.45, 7) is 4.14. The summed E-state index contributed by atoms with van der Waals surface area (Å²) in [4.78, 5) is 27.0. The third kappa shape index (κ3) is 2.45. The number of hydrogen-bond acceptors (Lipinski definition) is 2. The molecule has 5 heteroatoms. The third-order valence-electron chi connectivity index (χ3n) is 3.29. The molecule has 19 heavy (non-hydrogen) atoms. The molecule has 0 radical (unpaired) electrons. The van der Waals surface area contributed by atoms with Gasteiger partial charge >= 0.3 is 6.03 Å². The zero-order valence-corrected chi connectivity index (χ0v) is 11.1. The Balaban J connectivity index is 2.24. The molecule has 1 unspecified atom stereocenters. The molecule has 1 aliphatic rings. The van der Waals surface area contributed by atoms with E-state index in [1.165, 1.54) is 34.1 Å². The Morgan fingerprint density at radius 2 is 1.84 bits per heavy atom. The Kier molecular flexibility index (Phi) is 3.83. The van der Waals surface area contributed by atoms with Gasteiger partial charge in [-0.3, -0.25) is 14.6 Å². The van der Waals surface area contributed by atoms with Crippen LogP contribution in [0.25, 0.3) is 0 Å². The van der Waals surface area contributed by atoms with Crippen LogP contribution in [0.5, 0.6) is 0 Å². The van der Waals surface area contributed by atoms with Crippen LogP contribution in [0, 0.1) is 5.82 Å². The van der Waals surface area contributed by atoms with Crippen LogP contribution in [0.2, 0.25) is 0 Å². The van der Waals surface area contributed by atoms with E-state index >= 15 is 0 Å². The maximum Gasteiger partial charge on any atom is 0.331 e.